The molecule has 30 heavy (non-hydrogen) atoms. The highest BCUT2D eigenvalue weighted by atomic mass is 28.4. The first-order chi connectivity index (χ1) is 14.0. The molecule has 1 aliphatic heterocycles. The van der Waals surface area contributed by atoms with E-state index in [1.807, 2.05) is 12.1 Å². The summed E-state index contributed by atoms with van der Waals surface area (Å²) in [6, 6.07) is 10.5. The minimum absolute atomic E-state index is 0.153. The van der Waals surface area contributed by atoms with Gasteiger partial charge < -0.3 is 9.53 Å². The lowest BCUT2D eigenvalue weighted by Gasteiger charge is -2.36. The molecule has 0 bridgehead atoms. The molecule has 6 heteroatoms. The van der Waals surface area contributed by atoms with Crippen molar-refractivity contribution in [1.29, 1.82) is 0 Å². The molecule has 1 aliphatic rings. The topological polar surface area (TPSA) is 62.7 Å². The van der Waals surface area contributed by atoms with Gasteiger partial charge in [-0.15, -0.1) is 0 Å². The molecule has 1 aromatic carbocycles. The Bertz CT molecular complexity index is 907. The van der Waals surface area contributed by atoms with Crippen LogP contribution < -0.4 is 4.43 Å². The molecule has 1 aromatic heterocycles. The van der Waals surface area contributed by atoms with Gasteiger partial charge in [0.05, 0.1) is 23.2 Å². The summed E-state index contributed by atoms with van der Waals surface area (Å²) >= 11 is 0. The van der Waals surface area contributed by atoms with Gasteiger partial charge in [0.1, 0.15) is 5.75 Å². The van der Waals surface area contributed by atoms with Gasteiger partial charge in [0, 0.05) is 11.9 Å². The van der Waals surface area contributed by atoms with Crippen LogP contribution in [0.15, 0.2) is 30.3 Å². The fourth-order valence-corrected chi connectivity index (χ4v) is 4.98. The predicted octanol–water partition coefficient (Wildman–Crippen LogP) is 5.87. The second-order valence-electron chi connectivity index (χ2n) is 10.0. The molecule has 5 nitrogen and oxygen atoms in total. The van der Waals surface area contributed by atoms with Crippen LogP contribution in [0.2, 0.25) is 18.1 Å². The standard InChI is InChI=1S/C24H36N2O3Si/c1-7-22(26-14-8-9-18(16-26)23(27)28)21-12-10-17-15-19(11-13-20(17)25-21)29-30(5,6)24(2,3)4/h10-13,15,18,22H,7-9,14,16H2,1-6H3,(H,27,28). The number of fused-ring (bicyclic) bond motifs is 1. The van der Waals surface area contributed by atoms with E-state index < -0.39 is 14.3 Å². The van der Waals surface area contributed by atoms with Crippen LogP contribution in [0.1, 0.15) is 58.7 Å². The Balaban J connectivity index is 1.83. The molecule has 0 amide bonds. The molecule has 164 valence electrons. The highest BCUT2D eigenvalue weighted by Crippen LogP contribution is 2.38. The summed E-state index contributed by atoms with van der Waals surface area (Å²) in [4.78, 5) is 18.7. The minimum atomic E-state index is -1.88. The number of benzene rings is 1. The van der Waals surface area contributed by atoms with Crippen LogP contribution in [-0.4, -0.2) is 42.4 Å². The molecule has 2 aromatic rings. The Morgan fingerprint density at radius 2 is 2.03 bits per heavy atom. The summed E-state index contributed by atoms with van der Waals surface area (Å²) in [7, 11) is -1.88. The average molecular weight is 429 g/mol. The zero-order valence-electron chi connectivity index (χ0n) is 19.2. The SMILES string of the molecule is CCC(c1ccc2cc(O[Si](C)(C)C(C)(C)C)ccc2n1)N1CCCC(C(=O)O)C1. The summed E-state index contributed by atoms with van der Waals surface area (Å²) in [5, 5.41) is 10.7. The average Bonchev–Trinajstić information content (AvgIpc) is 2.67. The largest absolute Gasteiger partial charge is 0.543 e. The molecule has 0 spiro atoms. The number of hydrogen-bond acceptors (Lipinski definition) is 4. The maximum atomic E-state index is 11.5. The fraction of sp³-hybridized carbons (Fsp3) is 0.583. The smallest absolute Gasteiger partial charge is 0.307 e. The molecule has 2 atom stereocenters. The number of pyridine rings is 1. The summed E-state index contributed by atoms with van der Waals surface area (Å²) in [5.74, 6) is -0.0467. The normalized spacial score (nSPS) is 19.6. The number of likely N-dealkylation sites (tertiary alicyclic amines) is 1. The van der Waals surface area contributed by atoms with Crippen LogP contribution >= 0.6 is 0 Å². The minimum Gasteiger partial charge on any atom is -0.543 e. The van der Waals surface area contributed by atoms with E-state index in [-0.39, 0.29) is 17.0 Å². The lowest BCUT2D eigenvalue weighted by Crippen LogP contribution is -2.43. The first-order valence-corrected chi connectivity index (χ1v) is 14.0. The number of aromatic nitrogens is 1. The summed E-state index contributed by atoms with van der Waals surface area (Å²) < 4.78 is 6.45. The van der Waals surface area contributed by atoms with Gasteiger partial charge in [-0.3, -0.25) is 14.7 Å². The van der Waals surface area contributed by atoms with E-state index in [2.05, 4.69) is 63.9 Å². The molecule has 0 aliphatic carbocycles. The Labute approximate surface area is 181 Å². The quantitative estimate of drug-likeness (QED) is 0.583. The van der Waals surface area contributed by atoms with Crippen molar-refractivity contribution in [3.8, 4) is 5.75 Å². The highest BCUT2D eigenvalue weighted by Gasteiger charge is 2.39. The first-order valence-electron chi connectivity index (χ1n) is 11.1. The second-order valence-corrected chi connectivity index (χ2v) is 14.8. The van der Waals surface area contributed by atoms with Crippen LogP contribution in [0.25, 0.3) is 10.9 Å². The van der Waals surface area contributed by atoms with E-state index in [1.54, 1.807) is 0 Å². The number of carboxylic acid groups (broad SMARTS) is 1. The number of piperidine rings is 1. The maximum absolute atomic E-state index is 11.5. The van der Waals surface area contributed by atoms with Crippen molar-refractivity contribution in [2.24, 2.45) is 5.92 Å². The van der Waals surface area contributed by atoms with Gasteiger partial charge in [-0.25, -0.2) is 0 Å². The Kier molecular flexibility index (Phi) is 6.58. The van der Waals surface area contributed by atoms with E-state index >= 15 is 0 Å². The van der Waals surface area contributed by atoms with Gasteiger partial charge in [-0.1, -0.05) is 33.8 Å². The Morgan fingerprint density at radius 1 is 1.30 bits per heavy atom. The van der Waals surface area contributed by atoms with Gasteiger partial charge in [-0.2, -0.15) is 0 Å². The highest BCUT2D eigenvalue weighted by molar-refractivity contribution is 6.74. The van der Waals surface area contributed by atoms with E-state index in [4.69, 9.17) is 9.41 Å². The van der Waals surface area contributed by atoms with E-state index in [9.17, 15) is 9.90 Å². The third kappa shape index (κ3) is 4.86. The summed E-state index contributed by atoms with van der Waals surface area (Å²) in [5.41, 5.74) is 1.98. The van der Waals surface area contributed by atoms with Crippen molar-refractivity contribution in [3.63, 3.8) is 0 Å². The molecule has 1 N–H and O–H groups in total. The van der Waals surface area contributed by atoms with Gasteiger partial charge in [0.25, 0.3) is 0 Å². The fourth-order valence-electron chi connectivity index (χ4n) is 3.96. The predicted molar refractivity (Wildman–Crippen MR) is 125 cm³/mol. The lowest BCUT2D eigenvalue weighted by molar-refractivity contribution is -0.144. The van der Waals surface area contributed by atoms with Crippen molar-refractivity contribution in [1.82, 2.24) is 9.88 Å². The molecular weight excluding hydrogens is 392 g/mol. The van der Waals surface area contributed by atoms with E-state index in [0.717, 1.165) is 48.2 Å². The van der Waals surface area contributed by atoms with Gasteiger partial charge in [0.15, 0.2) is 0 Å². The Hall–Kier alpha value is -1.92. The van der Waals surface area contributed by atoms with Gasteiger partial charge >= 0.3 is 5.97 Å². The molecule has 0 radical (unpaired) electrons. The van der Waals surface area contributed by atoms with Crippen LogP contribution in [0.5, 0.6) is 5.75 Å². The zero-order valence-corrected chi connectivity index (χ0v) is 20.2. The third-order valence-electron chi connectivity index (χ3n) is 6.83. The van der Waals surface area contributed by atoms with Gasteiger partial charge in [-0.05, 0) is 68.2 Å². The number of carbonyl (C=O) groups is 1. The van der Waals surface area contributed by atoms with Crippen LogP contribution in [0.3, 0.4) is 0 Å². The molecule has 2 heterocycles. The number of hydrogen-bond donors (Lipinski definition) is 1. The van der Waals surface area contributed by atoms with E-state index in [1.165, 1.54) is 0 Å². The first kappa shape index (κ1) is 22.8. The molecule has 0 saturated carbocycles. The number of rotatable bonds is 6. The van der Waals surface area contributed by atoms with Crippen molar-refractivity contribution < 1.29 is 14.3 Å². The van der Waals surface area contributed by atoms with Crippen LogP contribution in [-0.2, 0) is 4.79 Å². The van der Waals surface area contributed by atoms with Crippen molar-refractivity contribution >= 4 is 25.2 Å². The monoisotopic (exact) mass is 428 g/mol. The summed E-state index contributed by atoms with van der Waals surface area (Å²) in [6.07, 6.45) is 2.61. The molecule has 3 rings (SSSR count). The van der Waals surface area contributed by atoms with Crippen LogP contribution in [0, 0.1) is 5.92 Å². The number of carboxylic acids is 1. The zero-order chi connectivity index (χ0) is 22.1. The van der Waals surface area contributed by atoms with Gasteiger partial charge in [0.2, 0.25) is 8.32 Å². The molecular formula is C24H36N2O3Si. The van der Waals surface area contributed by atoms with E-state index in [0.29, 0.717) is 6.54 Å². The van der Waals surface area contributed by atoms with Crippen LogP contribution in [0.4, 0.5) is 0 Å². The second kappa shape index (κ2) is 8.67. The maximum Gasteiger partial charge on any atom is 0.307 e. The van der Waals surface area contributed by atoms with Crippen molar-refractivity contribution in [2.75, 3.05) is 13.1 Å². The third-order valence-corrected chi connectivity index (χ3v) is 11.2. The molecule has 1 saturated heterocycles. The number of nitrogens with zero attached hydrogens (tertiary/aromatic N) is 2. The van der Waals surface area contributed by atoms with Crippen molar-refractivity contribution in [3.05, 3.63) is 36.0 Å². The molecule has 1 fully saturated rings. The number of aliphatic carboxylic acids is 1. The van der Waals surface area contributed by atoms with Crippen molar-refractivity contribution in [2.45, 2.75) is 71.1 Å². The lowest BCUT2D eigenvalue weighted by atomic mass is 9.95. The Morgan fingerprint density at radius 3 is 2.67 bits per heavy atom. The molecule has 2 unspecified atom stereocenters. The summed E-state index contributed by atoms with van der Waals surface area (Å²) in [6.45, 7) is 14.9.